The van der Waals surface area contributed by atoms with Crippen molar-refractivity contribution in [2.24, 2.45) is 5.92 Å². The lowest BCUT2D eigenvalue weighted by Gasteiger charge is -2.13. The predicted octanol–water partition coefficient (Wildman–Crippen LogP) is 0.754. The molecule has 1 aromatic rings. The van der Waals surface area contributed by atoms with E-state index in [9.17, 15) is 13.8 Å². The lowest BCUT2D eigenvalue weighted by molar-refractivity contribution is -0.140. The molecule has 1 heterocycles. The fourth-order valence-electron chi connectivity index (χ4n) is 1.31. The molecule has 0 saturated carbocycles. The normalized spacial score (nSPS) is 15.5. The van der Waals surface area contributed by atoms with Gasteiger partial charge >= 0.3 is 5.97 Å². The molecule has 0 aliphatic heterocycles. The lowest BCUT2D eigenvalue weighted by atomic mass is 10.2. The minimum absolute atomic E-state index is 0.0370. The highest BCUT2D eigenvalue weighted by Gasteiger charge is 2.24. The van der Waals surface area contributed by atoms with Crippen molar-refractivity contribution >= 4 is 22.7 Å². The first-order valence-electron chi connectivity index (χ1n) is 5.82. The van der Waals surface area contributed by atoms with Gasteiger partial charge in [0.15, 0.2) is 0 Å². The quantitative estimate of drug-likeness (QED) is 0.771. The Morgan fingerprint density at radius 1 is 1.47 bits per heavy atom. The number of carboxylic acid groups (broad SMARTS) is 1. The van der Waals surface area contributed by atoms with E-state index in [-0.39, 0.29) is 18.2 Å². The van der Waals surface area contributed by atoms with E-state index >= 15 is 0 Å². The van der Waals surface area contributed by atoms with Gasteiger partial charge in [0, 0.05) is 16.6 Å². The fraction of sp³-hybridized carbons (Fsp3) is 0.500. The molecule has 1 aromatic heterocycles. The summed E-state index contributed by atoms with van der Waals surface area (Å²) >= 11 is 0. The third-order valence-corrected chi connectivity index (χ3v) is 4.45. The van der Waals surface area contributed by atoms with E-state index in [0.29, 0.717) is 5.76 Å². The minimum Gasteiger partial charge on any atom is -0.481 e. The zero-order chi connectivity index (χ0) is 14.4. The van der Waals surface area contributed by atoms with Gasteiger partial charge in [-0.15, -0.1) is 0 Å². The molecule has 106 valence electrons. The molecule has 19 heavy (non-hydrogen) atoms. The van der Waals surface area contributed by atoms with Gasteiger partial charge in [-0.25, -0.2) is 0 Å². The molecule has 0 aromatic carbocycles. The molecular weight excluding hydrogens is 270 g/mol. The summed E-state index contributed by atoms with van der Waals surface area (Å²) in [4.78, 5) is 22.4. The second-order valence-electron chi connectivity index (χ2n) is 4.23. The average molecular weight is 287 g/mol. The lowest BCUT2D eigenvalue weighted by Crippen LogP contribution is -2.37. The van der Waals surface area contributed by atoms with Crippen molar-refractivity contribution in [1.29, 1.82) is 0 Å². The highest BCUT2D eigenvalue weighted by Crippen LogP contribution is 2.05. The molecule has 0 aliphatic carbocycles. The topological polar surface area (TPSA) is 96.6 Å². The Hall–Kier alpha value is -1.63. The third kappa shape index (κ3) is 4.86. The molecule has 2 N–H and O–H groups in total. The maximum Gasteiger partial charge on any atom is 0.307 e. The summed E-state index contributed by atoms with van der Waals surface area (Å²) in [7, 11) is -1.52. The van der Waals surface area contributed by atoms with Gasteiger partial charge in [0.1, 0.15) is 11.0 Å². The van der Waals surface area contributed by atoms with E-state index in [0.717, 1.165) is 0 Å². The number of carbonyl (C=O) groups is 2. The largest absolute Gasteiger partial charge is 0.481 e. The summed E-state index contributed by atoms with van der Waals surface area (Å²) in [5.74, 6) is -1.57. The van der Waals surface area contributed by atoms with Gasteiger partial charge < -0.3 is 14.8 Å². The number of hydrogen-bond donors (Lipinski definition) is 2. The first-order valence-corrected chi connectivity index (χ1v) is 7.20. The van der Waals surface area contributed by atoms with Crippen LogP contribution in [0.2, 0.25) is 0 Å². The molecule has 0 fully saturated rings. The van der Waals surface area contributed by atoms with Crippen LogP contribution in [0.15, 0.2) is 22.8 Å². The van der Waals surface area contributed by atoms with Gasteiger partial charge in [0.05, 0.1) is 18.7 Å². The van der Waals surface area contributed by atoms with Crippen molar-refractivity contribution in [1.82, 2.24) is 5.32 Å². The van der Waals surface area contributed by atoms with Crippen LogP contribution in [0.3, 0.4) is 0 Å². The molecule has 7 heteroatoms. The van der Waals surface area contributed by atoms with Crippen LogP contribution < -0.4 is 5.32 Å². The molecule has 0 saturated heterocycles. The zero-order valence-electron chi connectivity index (χ0n) is 10.8. The van der Waals surface area contributed by atoms with E-state index in [1.165, 1.54) is 20.1 Å². The van der Waals surface area contributed by atoms with Crippen LogP contribution in [0, 0.1) is 5.92 Å². The number of rotatable bonds is 7. The standard InChI is InChI=1S/C12H17NO5S/c1-8(12(15)16)7-19(17)9(2)11(14)13-6-10-4-3-5-18-10/h3-5,8-9H,6-7H2,1-2H3,(H,13,14)(H,15,16). The number of aliphatic carboxylic acids is 1. The van der Waals surface area contributed by atoms with Crippen LogP contribution in [0.4, 0.5) is 0 Å². The SMILES string of the molecule is CC(CS(=O)C(C)C(=O)NCc1ccco1)C(=O)O. The van der Waals surface area contributed by atoms with Gasteiger partial charge in [-0.3, -0.25) is 13.8 Å². The summed E-state index contributed by atoms with van der Waals surface area (Å²) in [6.07, 6.45) is 1.50. The average Bonchev–Trinajstić information content (AvgIpc) is 2.87. The first-order chi connectivity index (χ1) is 8.91. The van der Waals surface area contributed by atoms with Gasteiger partial charge in [-0.2, -0.15) is 0 Å². The number of amides is 1. The van der Waals surface area contributed by atoms with Gasteiger partial charge in [0.25, 0.3) is 0 Å². The van der Waals surface area contributed by atoms with Gasteiger partial charge in [0.2, 0.25) is 5.91 Å². The van der Waals surface area contributed by atoms with Crippen molar-refractivity contribution in [3.8, 4) is 0 Å². The second kappa shape index (κ2) is 7.08. The van der Waals surface area contributed by atoms with E-state index in [1.54, 1.807) is 12.1 Å². The Kier molecular flexibility index (Phi) is 5.75. The van der Waals surface area contributed by atoms with Crippen molar-refractivity contribution < 1.29 is 23.3 Å². The Morgan fingerprint density at radius 3 is 2.68 bits per heavy atom. The van der Waals surface area contributed by atoms with E-state index in [4.69, 9.17) is 9.52 Å². The monoisotopic (exact) mass is 287 g/mol. The van der Waals surface area contributed by atoms with Crippen molar-refractivity contribution in [3.05, 3.63) is 24.2 Å². The van der Waals surface area contributed by atoms with Gasteiger partial charge in [-0.1, -0.05) is 6.92 Å². The van der Waals surface area contributed by atoms with Gasteiger partial charge in [-0.05, 0) is 19.1 Å². The molecule has 3 unspecified atom stereocenters. The van der Waals surface area contributed by atoms with Crippen LogP contribution in [0.5, 0.6) is 0 Å². The van der Waals surface area contributed by atoms with Crippen molar-refractivity contribution in [2.75, 3.05) is 5.75 Å². The summed E-state index contributed by atoms with van der Waals surface area (Å²) in [6, 6.07) is 3.42. The zero-order valence-corrected chi connectivity index (χ0v) is 11.6. The molecule has 0 bridgehead atoms. The summed E-state index contributed by atoms with van der Waals surface area (Å²) < 4.78 is 16.9. The van der Waals surface area contributed by atoms with E-state index in [2.05, 4.69) is 5.32 Å². The molecule has 3 atom stereocenters. The molecule has 6 nitrogen and oxygen atoms in total. The Balaban J connectivity index is 2.43. The van der Waals surface area contributed by atoms with E-state index < -0.39 is 27.9 Å². The van der Waals surface area contributed by atoms with Crippen LogP contribution in [-0.2, 0) is 26.9 Å². The highest BCUT2D eigenvalue weighted by atomic mass is 32.2. The maximum atomic E-state index is 11.8. The van der Waals surface area contributed by atoms with Crippen LogP contribution in [0.1, 0.15) is 19.6 Å². The number of furan rings is 1. The maximum absolute atomic E-state index is 11.8. The molecule has 0 radical (unpaired) electrons. The van der Waals surface area contributed by atoms with Crippen molar-refractivity contribution in [3.63, 3.8) is 0 Å². The smallest absolute Gasteiger partial charge is 0.307 e. The Bertz CT molecular complexity index is 457. The number of carbonyl (C=O) groups excluding carboxylic acids is 1. The first kappa shape index (κ1) is 15.4. The number of hydrogen-bond acceptors (Lipinski definition) is 4. The number of carboxylic acids is 1. The van der Waals surface area contributed by atoms with E-state index in [1.807, 2.05) is 0 Å². The Labute approximate surface area is 113 Å². The summed E-state index contributed by atoms with van der Waals surface area (Å²) in [5, 5.41) is 10.6. The third-order valence-electron chi connectivity index (χ3n) is 2.62. The van der Waals surface area contributed by atoms with Crippen molar-refractivity contribution in [2.45, 2.75) is 25.6 Å². The molecule has 0 spiro atoms. The fourth-order valence-corrected chi connectivity index (χ4v) is 2.56. The minimum atomic E-state index is -1.52. The molecule has 1 rings (SSSR count). The predicted molar refractivity (Wildman–Crippen MR) is 69.8 cm³/mol. The number of nitrogens with one attached hydrogen (secondary N) is 1. The second-order valence-corrected chi connectivity index (χ2v) is 6.03. The molecular formula is C12H17NO5S. The highest BCUT2D eigenvalue weighted by molar-refractivity contribution is 7.86. The summed E-state index contributed by atoms with van der Waals surface area (Å²) in [6.45, 7) is 3.21. The molecule has 1 amide bonds. The Morgan fingerprint density at radius 2 is 2.16 bits per heavy atom. The van der Waals surface area contributed by atoms with Crippen LogP contribution in [-0.4, -0.2) is 32.2 Å². The summed E-state index contributed by atoms with van der Waals surface area (Å²) in [5.41, 5.74) is 0. The van der Waals surface area contributed by atoms with Crippen LogP contribution in [0.25, 0.3) is 0 Å². The molecule has 0 aliphatic rings. The van der Waals surface area contributed by atoms with Crippen LogP contribution >= 0.6 is 0 Å².